The van der Waals surface area contributed by atoms with Crippen LogP contribution in [0, 0.1) is 0 Å². The van der Waals surface area contributed by atoms with Gasteiger partial charge in [0.15, 0.2) is 5.11 Å². The van der Waals surface area contributed by atoms with Gasteiger partial charge in [-0.2, -0.15) is 0 Å². The first kappa shape index (κ1) is 21.2. The highest BCUT2D eigenvalue weighted by molar-refractivity contribution is 7.80. The minimum atomic E-state index is -0.583. The number of nitrogens with one attached hydrogen (secondary N) is 2. The van der Waals surface area contributed by atoms with Crippen molar-refractivity contribution in [3.05, 3.63) is 69.6 Å². The third-order valence-corrected chi connectivity index (χ3v) is 6.57. The maximum Gasteiger partial charge on any atom is 0.275 e. The molecule has 0 atom stereocenters. The Kier molecular flexibility index (Phi) is 6.12. The van der Waals surface area contributed by atoms with Crippen molar-refractivity contribution in [2.75, 3.05) is 17.2 Å². The van der Waals surface area contributed by atoms with Gasteiger partial charge < -0.3 is 21.3 Å². The third kappa shape index (κ3) is 4.50. The van der Waals surface area contributed by atoms with E-state index in [1.165, 1.54) is 29.9 Å². The molecule has 0 saturated heterocycles. The Labute approximate surface area is 192 Å². The fourth-order valence-corrected chi connectivity index (χ4v) is 4.99. The summed E-state index contributed by atoms with van der Waals surface area (Å²) in [5, 5.41) is 7.43. The zero-order valence-electron chi connectivity index (χ0n) is 16.1. The van der Waals surface area contributed by atoms with Crippen LogP contribution in [0.5, 0.6) is 0 Å². The van der Waals surface area contributed by atoms with E-state index in [9.17, 15) is 9.59 Å². The first-order valence-electron chi connectivity index (χ1n) is 9.26. The zero-order valence-corrected chi connectivity index (χ0v) is 18.5. The average molecular weight is 473 g/mol. The predicted octanol–water partition coefficient (Wildman–Crippen LogP) is 3.30. The van der Waals surface area contributed by atoms with Gasteiger partial charge in [0, 0.05) is 17.6 Å². The Morgan fingerprint density at radius 3 is 2.74 bits per heavy atom. The summed E-state index contributed by atoms with van der Waals surface area (Å²) in [6.07, 6.45) is 3.33. The Hall–Kier alpha value is -3.08. The SMILES string of the molecule is NC(=O)c1c(NC(=O)c2ccncn2)sc2c1CCN(C(=S)Nc1ccccc1Cl)C2. The number of benzene rings is 1. The molecule has 2 aromatic heterocycles. The van der Waals surface area contributed by atoms with E-state index in [0.717, 1.165) is 16.1 Å². The highest BCUT2D eigenvalue weighted by Gasteiger charge is 2.29. The molecule has 0 bridgehead atoms. The number of anilines is 2. The molecule has 0 unspecified atom stereocenters. The van der Waals surface area contributed by atoms with E-state index < -0.39 is 11.8 Å². The lowest BCUT2D eigenvalue weighted by Gasteiger charge is -2.29. The van der Waals surface area contributed by atoms with Crippen LogP contribution in [0.4, 0.5) is 10.7 Å². The van der Waals surface area contributed by atoms with E-state index in [-0.39, 0.29) is 5.69 Å². The Morgan fingerprint density at radius 2 is 2.03 bits per heavy atom. The lowest BCUT2D eigenvalue weighted by Crippen LogP contribution is -2.38. The summed E-state index contributed by atoms with van der Waals surface area (Å²) in [7, 11) is 0. The number of carbonyl (C=O) groups is 2. The molecule has 0 aliphatic carbocycles. The summed E-state index contributed by atoms with van der Waals surface area (Å²) in [5.74, 6) is -1.02. The number of para-hydroxylation sites is 1. The molecule has 8 nitrogen and oxygen atoms in total. The maximum absolute atomic E-state index is 12.5. The highest BCUT2D eigenvalue weighted by atomic mass is 35.5. The van der Waals surface area contributed by atoms with Crippen molar-refractivity contribution in [1.82, 2.24) is 14.9 Å². The molecule has 4 rings (SSSR count). The van der Waals surface area contributed by atoms with Gasteiger partial charge in [0.25, 0.3) is 11.8 Å². The van der Waals surface area contributed by atoms with Gasteiger partial charge in [0.1, 0.15) is 17.0 Å². The van der Waals surface area contributed by atoms with Crippen molar-refractivity contribution >= 4 is 62.8 Å². The second-order valence-electron chi connectivity index (χ2n) is 6.70. The van der Waals surface area contributed by atoms with Crippen molar-refractivity contribution in [2.45, 2.75) is 13.0 Å². The highest BCUT2D eigenvalue weighted by Crippen LogP contribution is 2.37. The van der Waals surface area contributed by atoms with Gasteiger partial charge in [0.05, 0.1) is 22.8 Å². The number of rotatable bonds is 4. The van der Waals surface area contributed by atoms with Gasteiger partial charge in [-0.05, 0) is 42.4 Å². The second kappa shape index (κ2) is 8.96. The van der Waals surface area contributed by atoms with E-state index in [2.05, 4.69) is 20.6 Å². The van der Waals surface area contributed by atoms with Crippen LogP contribution in [-0.4, -0.2) is 38.3 Å². The first-order chi connectivity index (χ1) is 14.9. The van der Waals surface area contributed by atoms with Crippen molar-refractivity contribution in [3.8, 4) is 0 Å². The summed E-state index contributed by atoms with van der Waals surface area (Å²) in [5.41, 5.74) is 7.74. The number of amides is 2. The van der Waals surface area contributed by atoms with E-state index in [1.54, 1.807) is 6.07 Å². The first-order valence-corrected chi connectivity index (χ1v) is 10.9. The molecule has 3 aromatic rings. The number of fused-ring (bicyclic) bond motifs is 1. The lowest BCUT2D eigenvalue weighted by atomic mass is 10.0. The van der Waals surface area contributed by atoms with Gasteiger partial charge in [-0.15, -0.1) is 11.3 Å². The molecule has 4 N–H and O–H groups in total. The van der Waals surface area contributed by atoms with E-state index in [1.807, 2.05) is 23.1 Å². The molecular formula is C20H17ClN6O2S2. The second-order valence-corrected chi connectivity index (χ2v) is 8.60. The molecule has 0 radical (unpaired) electrons. The molecule has 1 aromatic carbocycles. The van der Waals surface area contributed by atoms with Crippen molar-refractivity contribution < 1.29 is 9.59 Å². The molecule has 0 spiro atoms. The molecule has 2 amide bonds. The largest absolute Gasteiger partial charge is 0.365 e. The molecule has 0 saturated carbocycles. The molecule has 11 heteroatoms. The molecule has 3 heterocycles. The predicted molar refractivity (Wildman–Crippen MR) is 125 cm³/mol. The van der Waals surface area contributed by atoms with E-state index in [4.69, 9.17) is 29.6 Å². The normalized spacial score (nSPS) is 12.7. The molecule has 31 heavy (non-hydrogen) atoms. The number of primary amides is 1. The van der Waals surface area contributed by atoms with Crippen molar-refractivity contribution in [1.29, 1.82) is 0 Å². The Balaban J connectivity index is 1.55. The molecular weight excluding hydrogens is 456 g/mol. The number of thiocarbonyl (C=S) groups is 1. The van der Waals surface area contributed by atoms with Crippen LogP contribution in [0.3, 0.4) is 0 Å². The van der Waals surface area contributed by atoms with Gasteiger partial charge in [-0.1, -0.05) is 23.7 Å². The topological polar surface area (TPSA) is 113 Å². The van der Waals surface area contributed by atoms with Gasteiger partial charge in [-0.3, -0.25) is 9.59 Å². The van der Waals surface area contributed by atoms with E-state index in [0.29, 0.717) is 40.2 Å². The van der Waals surface area contributed by atoms with Crippen LogP contribution < -0.4 is 16.4 Å². The van der Waals surface area contributed by atoms with Gasteiger partial charge in [-0.25, -0.2) is 9.97 Å². The number of halogens is 1. The molecule has 1 aliphatic heterocycles. The van der Waals surface area contributed by atoms with Gasteiger partial charge in [0.2, 0.25) is 0 Å². The summed E-state index contributed by atoms with van der Waals surface area (Å²) in [6, 6.07) is 8.84. The number of nitrogens with zero attached hydrogens (tertiary/aromatic N) is 3. The summed E-state index contributed by atoms with van der Waals surface area (Å²) < 4.78 is 0. The average Bonchev–Trinajstić information content (AvgIpc) is 3.13. The summed E-state index contributed by atoms with van der Waals surface area (Å²) in [4.78, 5) is 35.3. The number of hydrogen-bond donors (Lipinski definition) is 3. The molecule has 158 valence electrons. The number of nitrogens with two attached hydrogens (primary N) is 1. The Bertz CT molecular complexity index is 1170. The van der Waals surface area contributed by atoms with Crippen LogP contribution in [0.2, 0.25) is 5.02 Å². The van der Waals surface area contributed by atoms with E-state index >= 15 is 0 Å². The van der Waals surface area contributed by atoms with Crippen LogP contribution in [-0.2, 0) is 13.0 Å². The fourth-order valence-electron chi connectivity index (χ4n) is 3.27. The minimum absolute atomic E-state index is 0.198. The quantitative estimate of drug-likeness (QED) is 0.499. The Morgan fingerprint density at radius 1 is 1.23 bits per heavy atom. The fraction of sp³-hybridized carbons (Fsp3) is 0.150. The van der Waals surface area contributed by atoms with Crippen molar-refractivity contribution in [3.63, 3.8) is 0 Å². The van der Waals surface area contributed by atoms with Crippen LogP contribution in [0.25, 0.3) is 0 Å². The smallest absolute Gasteiger partial charge is 0.275 e. The maximum atomic E-state index is 12.5. The van der Waals surface area contributed by atoms with Crippen molar-refractivity contribution in [2.24, 2.45) is 5.73 Å². The molecule has 0 fully saturated rings. The summed E-state index contributed by atoms with van der Waals surface area (Å²) >= 11 is 13.1. The zero-order chi connectivity index (χ0) is 22.0. The van der Waals surface area contributed by atoms with Crippen LogP contribution in [0.15, 0.2) is 42.9 Å². The lowest BCUT2D eigenvalue weighted by molar-refractivity contribution is 0.1000. The summed E-state index contributed by atoms with van der Waals surface area (Å²) in [6.45, 7) is 1.08. The number of aromatic nitrogens is 2. The number of carbonyl (C=O) groups excluding carboxylic acids is 2. The molecule has 1 aliphatic rings. The van der Waals surface area contributed by atoms with Crippen LogP contribution in [0.1, 0.15) is 31.3 Å². The van der Waals surface area contributed by atoms with Crippen LogP contribution >= 0.6 is 35.2 Å². The number of thiophene rings is 1. The third-order valence-electron chi connectivity index (χ3n) is 4.75. The monoisotopic (exact) mass is 472 g/mol. The minimum Gasteiger partial charge on any atom is -0.365 e. The number of hydrogen-bond acceptors (Lipinski definition) is 6. The van der Waals surface area contributed by atoms with Gasteiger partial charge >= 0.3 is 0 Å². The standard InChI is InChI=1S/C20H17ClN6O2S2/c21-12-3-1-2-4-13(12)25-20(30)27-8-6-11-15(9-27)31-19(16(11)17(22)28)26-18(29)14-5-7-23-10-24-14/h1-5,7,10H,6,8-9H2,(H2,22,28)(H,25,30)(H,26,29).